The van der Waals surface area contributed by atoms with Crippen molar-refractivity contribution in [2.75, 3.05) is 0 Å². The number of halogens is 3. The van der Waals surface area contributed by atoms with E-state index in [4.69, 9.17) is 6.42 Å². The predicted octanol–water partition coefficient (Wildman–Crippen LogP) is 3.25. The number of hydrogen-bond acceptors (Lipinski definition) is 0. The van der Waals surface area contributed by atoms with Gasteiger partial charge in [-0.05, 0) is 24.1 Å². The van der Waals surface area contributed by atoms with Crippen molar-refractivity contribution in [2.24, 2.45) is 0 Å². The molecular formula is C11H9F3. The van der Waals surface area contributed by atoms with Gasteiger partial charge in [-0.25, -0.2) is 0 Å². The van der Waals surface area contributed by atoms with Crippen molar-refractivity contribution in [1.82, 2.24) is 0 Å². The summed E-state index contributed by atoms with van der Waals surface area (Å²) in [6.07, 6.45) is 1.33. The Balaban J connectivity index is 3.28. The summed E-state index contributed by atoms with van der Waals surface area (Å²) in [4.78, 5) is 0. The fourth-order valence-corrected chi connectivity index (χ4v) is 1.18. The molecule has 0 aliphatic rings. The SMILES string of the molecule is C#Cc1cc(CC)ccc1C(F)(F)F. The molecule has 0 atom stereocenters. The van der Waals surface area contributed by atoms with Crippen molar-refractivity contribution in [3.8, 4) is 12.3 Å². The van der Waals surface area contributed by atoms with Gasteiger partial charge in [0.15, 0.2) is 0 Å². The number of rotatable bonds is 1. The standard InChI is InChI=1S/C11H9F3/c1-3-8-5-6-10(11(12,13)14)9(4-2)7-8/h2,5-7H,3H2,1H3. The molecule has 0 spiro atoms. The average molecular weight is 198 g/mol. The van der Waals surface area contributed by atoms with E-state index >= 15 is 0 Å². The Kier molecular flexibility index (Phi) is 2.85. The molecule has 0 radical (unpaired) electrons. The molecule has 0 aliphatic carbocycles. The van der Waals surface area contributed by atoms with Crippen molar-refractivity contribution in [2.45, 2.75) is 19.5 Å². The number of hydrogen-bond donors (Lipinski definition) is 0. The van der Waals surface area contributed by atoms with Gasteiger partial charge in [0.25, 0.3) is 0 Å². The van der Waals surface area contributed by atoms with Crippen LogP contribution in [0.2, 0.25) is 0 Å². The van der Waals surface area contributed by atoms with Gasteiger partial charge < -0.3 is 0 Å². The first kappa shape index (κ1) is 10.6. The third kappa shape index (κ3) is 2.08. The quantitative estimate of drug-likeness (QED) is 0.607. The molecule has 0 bridgehead atoms. The zero-order chi connectivity index (χ0) is 10.8. The Morgan fingerprint density at radius 1 is 1.36 bits per heavy atom. The fraction of sp³-hybridized carbons (Fsp3) is 0.273. The van der Waals surface area contributed by atoms with Gasteiger partial charge >= 0.3 is 6.18 Å². The first-order chi connectivity index (χ1) is 6.49. The maximum Gasteiger partial charge on any atom is 0.417 e. The highest BCUT2D eigenvalue weighted by atomic mass is 19.4. The third-order valence-electron chi connectivity index (χ3n) is 1.95. The second-order valence-corrected chi connectivity index (χ2v) is 2.88. The van der Waals surface area contributed by atoms with Crippen molar-refractivity contribution >= 4 is 0 Å². The molecule has 0 amide bonds. The van der Waals surface area contributed by atoms with E-state index in [2.05, 4.69) is 5.92 Å². The summed E-state index contributed by atoms with van der Waals surface area (Å²) in [5.74, 6) is 2.06. The fourth-order valence-electron chi connectivity index (χ4n) is 1.18. The van der Waals surface area contributed by atoms with Gasteiger partial charge in [-0.1, -0.05) is 18.9 Å². The predicted molar refractivity (Wildman–Crippen MR) is 48.8 cm³/mol. The van der Waals surface area contributed by atoms with Gasteiger partial charge in [-0.3, -0.25) is 0 Å². The van der Waals surface area contributed by atoms with Crippen molar-refractivity contribution in [3.63, 3.8) is 0 Å². The Bertz CT molecular complexity index is 369. The van der Waals surface area contributed by atoms with Crippen LogP contribution in [0, 0.1) is 12.3 Å². The van der Waals surface area contributed by atoms with E-state index in [1.165, 1.54) is 12.1 Å². The zero-order valence-corrected chi connectivity index (χ0v) is 7.65. The number of benzene rings is 1. The minimum Gasteiger partial charge on any atom is -0.166 e. The lowest BCUT2D eigenvalue weighted by molar-refractivity contribution is -0.137. The molecule has 3 heteroatoms. The van der Waals surface area contributed by atoms with Crippen LogP contribution in [0.25, 0.3) is 0 Å². The highest BCUT2D eigenvalue weighted by Crippen LogP contribution is 2.32. The van der Waals surface area contributed by atoms with Crippen molar-refractivity contribution < 1.29 is 13.2 Å². The molecule has 0 heterocycles. The number of aryl methyl sites for hydroxylation is 1. The summed E-state index contributed by atoms with van der Waals surface area (Å²) in [5, 5.41) is 0. The molecule has 0 saturated carbocycles. The normalized spacial score (nSPS) is 11.1. The van der Waals surface area contributed by atoms with E-state index in [1.807, 2.05) is 6.92 Å². The van der Waals surface area contributed by atoms with E-state index in [1.54, 1.807) is 0 Å². The summed E-state index contributed by atoms with van der Waals surface area (Å²) in [6.45, 7) is 1.86. The molecule has 74 valence electrons. The van der Waals surface area contributed by atoms with Crippen LogP contribution in [-0.4, -0.2) is 0 Å². The minimum absolute atomic E-state index is 0.0862. The lowest BCUT2D eigenvalue weighted by Gasteiger charge is -2.10. The van der Waals surface area contributed by atoms with E-state index in [0.29, 0.717) is 6.42 Å². The van der Waals surface area contributed by atoms with Gasteiger partial charge in [0.1, 0.15) is 0 Å². The van der Waals surface area contributed by atoms with Gasteiger partial charge in [-0.15, -0.1) is 6.42 Å². The van der Waals surface area contributed by atoms with Crippen LogP contribution >= 0.6 is 0 Å². The van der Waals surface area contributed by atoms with E-state index in [9.17, 15) is 13.2 Å². The lowest BCUT2D eigenvalue weighted by Crippen LogP contribution is -2.07. The maximum absolute atomic E-state index is 12.4. The molecule has 0 nitrogen and oxygen atoms in total. The highest BCUT2D eigenvalue weighted by Gasteiger charge is 2.32. The van der Waals surface area contributed by atoms with Gasteiger partial charge in [-0.2, -0.15) is 13.2 Å². The summed E-state index contributed by atoms with van der Waals surface area (Å²) >= 11 is 0. The monoisotopic (exact) mass is 198 g/mol. The van der Waals surface area contributed by atoms with Crippen LogP contribution in [0.1, 0.15) is 23.6 Å². The van der Waals surface area contributed by atoms with E-state index in [0.717, 1.165) is 11.6 Å². The Morgan fingerprint density at radius 3 is 2.43 bits per heavy atom. The molecule has 0 aromatic heterocycles. The Morgan fingerprint density at radius 2 is 2.00 bits per heavy atom. The van der Waals surface area contributed by atoms with Crippen molar-refractivity contribution in [1.29, 1.82) is 0 Å². The van der Waals surface area contributed by atoms with Crippen LogP contribution in [-0.2, 0) is 12.6 Å². The van der Waals surface area contributed by atoms with Crippen LogP contribution < -0.4 is 0 Å². The molecule has 0 unspecified atom stereocenters. The first-order valence-corrected chi connectivity index (χ1v) is 4.15. The van der Waals surface area contributed by atoms with Crippen LogP contribution in [0.3, 0.4) is 0 Å². The smallest absolute Gasteiger partial charge is 0.166 e. The molecule has 1 aromatic carbocycles. The first-order valence-electron chi connectivity index (χ1n) is 4.15. The number of alkyl halides is 3. The molecule has 0 saturated heterocycles. The summed E-state index contributed by atoms with van der Waals surface area (Å²) < 4.78 is 37.1. The Labute approximate surface area is 80.8 Å². The van der Waals surface area contributed by atoms with E-state index < -0.39 is 11.7 Å². The molecular weight excluding hydrogens is 189 g/mol. The van der Waals surface area contributed by atoms with Gasteiger partial charge in [0, 0.05) is 5.56 Å². The molecule has 0 N–H and O–H groups in total. The second kappa shape index (κ2) is 3.75. The van der Waals surface area contributed by atoms with Crippen LogP contribution in [0.5, 0.6) is 0 Å². The molecule has 0 fully saturated rings. The van der Waals surface area contributed by atoms with Gasteiger partial charge in [0.05, 0.1) is 5.56 Å². The summed E-state index contributed by atoms with van der Waals surface area (Å²) in [6, 6.07) is 3.89. The van der Waals surface area contributed by atoms with Crippen LogP contribution in [0.4, 0.5) is 13.2 Å². The average Bonchev–Trinajstić information content (AvgIpc) is 2.15. The molecule has 1 aromatic rings. The largest absolute Gasteiger partial charge is 0.417 e. The Hall–Kier alpha value is -1.43. The molecule has 0 aliphatic heterocycles. The third-order valence-corrected chi connectivity index (χ3v) is 1.95. The summed E-state index contributed by atoms with van der Waals surface area (Å²) in [7, 11) is 0. The summed E-state index contributed by atoms with van der Waals surface area (Å²) in [5.41, 5.74) is -0.0139. The topological polar surface area (TPSA) is 0 Å². The molecule has 1 rings (SSSR count). The lowest BCUT2D eigenvalue weighted by atomic mass is 10.0. The number of terminal acetylenes is 1. The van der Waals surface area contributed by atoms with Gasteiger partial charge in [0.2, 0.25) is 0 Å². The molecule has 14 heavy (non-hydrogen) atoms. The van der Waals surface area contributed by atoms with E-state index in [-0.39, 0.29) is 5.56 Å². The highest BCUT2D eigenvalue weighted by molar-refractivity contribution is 5.44. The maximum atomic E-state index is 12.4. The van der Waals surface area contributed by atoms with Crippen LogP contribution in [0.15, 0.2) is 18.2 Å². The van der Waals surface area contributed by atoms with Crippen molar-refractivity contribution in [3.05, 3.63) is 34.9 Å². The minimum atomic E-state index is -4.37. The second-order valence-electron chi connectivity index (χ2n) is 2.88. The zero-order valence-electron chi connectivity index (χ0n) is 7.65.